The van der Waals surface area contributed by atoms with Crippen molar-refractivity contribution in [2.75, 3.05) is 6.54 Å². The average molecular weight is 405 g/mol. The molecule has 0 aliphatic heterocycles. The van der Waals surface area contributed by atoms with Gasteiger partial charge in [0.1, 0.15) is 5.01 Å². The summed E-state index contributed by atoms with van der Waals surface area (Å²) in [6, 6.07) is 11.7. The number of thiazole rings is 1. The second kappa shape index (κ2) is 9.23. The van der Waals surface area contributed by atoms with Gasteiger partial charge in [-0.2, -0.15) is 0 Å². The number of rotatable bonds is 6. The first-order valence-electron chi connectivity index (χ1n) is 11.1. The Morgan fingerprint density at radius 2 is 1.79 bits per heavy atom. The molecule has 0 fully saturated rings. The highest BCUT2D eigenvalue weighted by Gasteiger charge is 2.13. The monoisotopic (exact) mass is 404 g/mol. The van der Waals surface area contributed by atoms with Crippen LogP contribution >= 0.6 is 11.3 Å². The minimum atomic E-state index is 0.708. The fraction of sp³-hybridized carbons (Fsp3) is 0.423. The molecule has 0 bridgehead atoms. The van der Waals surface area contributed by atoms with Crippen molar-refractivity contribution in [2.45, 2.75) is 65.2 Å². The van der Waals surface area contributed by atoms with Gasteiger partial charge in [-0.05, 0) is 91.4 Å². The second-order valence-electron chi connectivity index (χ2n) is 8.30. The first-order valence-corrected chi connectivity index (χ1v) is 11.9. The molecule has 0 saturated heterocycles. The van der Waals surface area contributed by atoms with Crippen molar-refractivity contribution in [3.05, 3.63) is 74.8 Å². The standard InChI is InChI=1S/C26H32N2S/c1-3-19-14-21(11-12-27)18(2)13-24(19)16-25-17-29-26(28-25)23-10-9-20-7-5-4-6-8-22(20)15-23/h9-10,13-15,17H,3-8,11-12,16,27H2,1-2H3. The first kappa shape index (κ1) is 20.3. The van der Waals surface area contributed by atoms with Crippen LogP contribution in [0.1, 0.15) is 65.3 Å². The maximum atomic E-state index is 5.78. The van der Waals surface area contributed by atoms with Gasteiger partial charge in [-0.1, -0.05) is 37.6 Å². The molecule has 0 saturated carbocycles. The van der Waals surface area contributed by atoms with Crippen LogP contribution in [0.3, 0.4) is 0 Å². The number of fused-ring (bicyclic) bond motifs is 1. The van der Waals surface area contributed by atoms with Crippen LogP contribution in [0.15, 0.2) is 35.7 Å². The Morgan fingerprint density at radius 3 is 2.59 bits per heavy atom. The van der Waals surface area contributed by atoms with Crippen LogP contribution in [0.4, 0.5) is 0 Å². The van der Waals surface area contributed by atoms with Gasteiger partial charge >= 0.3 is 0 Å². The van der Waals surface area contributed by atoms with Gasteiger partial charge in [0.25, 0.3) is 0 Å². The van der Waals surface area contributed by atoms with E-state index in [2.05, 4.69) is 49.6 Å². The summed E-state index contributed by atoms with van der Waals surface area (Å²) in [6.45, 7) is 5.15. The highest BCUT2D eigenvalue weighted by Crippen LogP contribution is 2.30. The lowest BCUT2D eigenvalue weighted by atomic mass is 9.93. The summed E-state index contributed by atoms with van der Waals surface area (Å²) in [7, 11) is 0. The van der Waals surface area contributed by atoms with Gasteiger partial charge in [-0.25, -0.2) is 4.98 Å². The highest BCUT2D eigenvalue weighted by molar-refractivity contribution is 7.13. The number of hydrogen-bond donors (Lipinski definition) is 1. The number of nitrogens with zero attached hydrogens (tertiary/aromatic N) is 1. The van der Waals surface area contributed by atoms with Gasteiger partial charge in [0, 0.05) is 17.4 Å². The largest absolute Gasteiger partial charge is 0.330 e. The third kappa shape index (κ3) is 4.62. The minimum Gasteiger partial charge on any atom is -0.330 e. The Bertz CT molecular complexity index is 986. The predicted molar refractivity (Wildman–Crippen MR) is 125 cm³/mol. The van der Waals surface area contributed by atoms with Crippen LogP contribution in [0.5, 0.6) is 0 Å². The molecule has 0 atom stereocenters. The molecule has 0 amide bonds. The lowest BCUT2D eigenvalue weighted by Crippen LogP contribution is -2.06. The molecule has 29 heavy (non-hydrogen) atoms. The van der Waals surface area contributed by atoms with Crippen molar-refractivity contribution in [2.24, 2.45) is 5.73 Å². The Kier molecular flexibility index (Phi) is 6.46. The summed E-state index contributed by atoms with van der Waals surface area (Å²) in [5.74, 6) is 0. The van der Waals surface area contributed by atoms with E-state index in [1.807, 2.05) is 0 Å². The summed E-state index contributed by atoms with van der Waals surface area (Å²) >= 11 is 1.78. The summed E-state index contributed by atoms with van der Waals surface area (Å²) in [5, 5.41) is 3.39. The lowest BCUT2D eigenvalue weighted by Gasteiger charge is -2.13. The Labute approximate surface area is 179 Å². The number of nitrogens with two attached hydrogens (primary N) is 1. The van der Waals surface area contributed by atoms with Crippen LogP contribution in [0.2, 0.25) is 0 Å². The second-order valence-corrected chi connectivity index (χ2v) is 9.16. The molecule has 0 radical (unpaired) electrons. The SMILES string of the molecule is CCc1cc(CCN)c(C)cc1Cc1csc(-c2ccc3c(c2)CCCCC3)n1. The van der Waals surface area contributed by atoms with Gasteiger partial charge in [0.05, 0.1) is 5.69 Å². The molecule has 2 aromatic carbocycles. The van der Waals surface area contributed by atoms with Crippen molar-refractivity contribution < 1.29 is 0 Å². The quantitative estimate of drug-likeness (QED) is 0.509. The summed E-state index contributed by atoms with van der Waals surface area (Å²) in [4.78, 5) is 5.01. The van der Waals surface area contributed by atoms with E-state index in [4.69, 9.17) is 10.7 Å². The van der Waals surface area contributed by atoms with E-state index >= 15 is 0 Å². The molecule has 2 nitrogen and oxygen atoms in total. The van der Waals surface area contributed by atoms with Gasteiger partial charge in [-0.3, -0.25) is 0 Å². The summed E-state index contributed by atoms with van der Waals surface area (Å²) in [6.07, 6.45) is 9.37. The van der Waals surface area contributed by atoms with Gasteiger partial charge in [0.2, 0.25) is 0 Å². The smallest absolute Gasteiger partial charge is 0.123 e. The first-order chi connectivity index (χ1) is 14.2. The van der Waals surface area contributed by atoms with E-state index in [9.17, 15) is 0 Å². The maximum Gasteiger partial charge on any atom is 0.123 e. The third-order valence-corrected chi connectivity index (χ3v) is 7.16. The third-order valence-electron chi connectivity index (χ3n) is 6.22. The Morgan fingerprint density at radius 1 is 0.966 bits per heavy atom. The Balaban J connectivity index is 1.57. The highest BCUT2D eigenvalue weighted by atomic mass is 32.1. The molecule has 152 valence electrons. The summed E-state index contributed by atoms with van der Waals surface area (Å²) < 4.78 is 0. The molecule has 0 spiro atoms. The van der Waals surface area contributed by atoms with Crippen LogP contribution in [-0.4, -0.2) is 11.5 Å². The van der Waals surface area contributed by atoms with Crippen molar-refractivity contribution in [1.29, 1.82) is 0 Å². The molecular formula is C26H32N2S. The van der Waals surface area contributed by atoms with Gasteiger partial charge < -0.3 is 5.73 Å². The Hall–Kier alpha value is -1.97. The number of benzene rings is 2. The van der Waals surface area contributed by atoms with E-state index in [0.29, 0.717) is 6.54 Å². The van der Waals surface area contributed by atoms with Crippen LogP contribution in [0.25, 0.3) is 10.6 Å². The van der Waals surface area contributed by atoms with Crippen molar-refractivity contribution in [1.82, 2.24) is 4.98 Å². The number of hydrogen-bond acceptors (Lipinski definition) is 3. The normalized spacial score (nSPS) is 13.9. The van der Waals surface area contributed by atoms with Crippen LogP contribution in [-0.2, 0) is 32.1 Å². The molecule has 3 aromatic rings. The van der Waals surface area contributed by atoms with E-state index in [1.165, 1.54) is 71.2 Å². The van der Waals surface area contributed by atoms with E-state index in [0.717, 1.165) is 24.3 Å². The number of aromatic nitrogens is 1. The number of aryl methyl sites for hydroxylation is 4. The molecule has 1 aliphatic rings. The van der Waals surface area contributed by atoms with E-state index in [-0.39, 0.29) is 0 Å². The fourth-order valence-corrected chi connectivity index (χ4v) is 5.36. The van der Waals surface area contributed by atoms with E-state index in [1.54, 1.807) is 16.9 Å². The van der Waals surface area contributed by atoms with Gasteiger partial charge in [0.15, 0.2) is 0 Å². The van der Waals surface area contributed by atoms with Gasteiger partial charge in [-0.15, -0.1) is 11.3 Å². The zero-order valence-corrected chi connectivity index (χ0v) is 18.6. The van der Waals surface area contributed by atoms with Crippen LogP contribution < -0.4 is 5.73 Å². The van der Waals surface area contributed by atoms with Crippen LogP contribution in [0, 0.1) is 6.92 Å². The van der Waals surface area contributed by atoms with Crippen molar-refractivity contribution in [3.8, 4) is 10.6 Å². The van der Waals surface area contributed by atoms with Crippen molar-refractivity contribution in [3.63, 3.8) is 0 Å². The molecule has 4 rings (SSSR count). The molecule has 1 aromatic heterocycles. The minimum absolute atomic E-state index is 0.708. The van der Waals surface area contributed by atoms with E-state index < -0.39 is 0 Å². The molecule has 2 N–H and O–H groups in total. The molecule has 1 heterocycles. The topological polar surface area (TPSA) is 38.9 Å². The molecule has 1 aliphatic carbocycles. The summed E-state index contributed by atoms with van der Waals surface area (Å²) in [5.41, 5.74) is 16.9. The maximum absolute atomic E-state index is 5.78. The lowest BCUT2D eigenvalue weighted by molar-refractivity contribution is 0.711. The predicted octanol–water partition coefficient (Wildman–Crippen LogP) is 6.04. The average Bonchev–Trinajstić information content (AvgIpc) is 3.06. The molecule has 0 unspecified atom stereocenters. The zero-order valence-electron chi connectivity index (χ0n) is 17.8. The molecular weight excluding hydrogens is 372 g/mol. The zero-order chi connectivity index (χ0) is 20.2. The molecule has 3 heteroatoms. The fourth-order valence-electron chi connectivity index (χ4n) is 4.54. The van der Waals surface area contributed by atoms with Crippen molar-refractivity contribution >= 4 is 11.3 Å².